The Bertz CT molecular complexity index is 825. The summed E-state index contributed by atoms with van der Waals surface area (Å²) in [6.07, 6.45) is 0. The predicted molar refractivity (Wildman–Crippen MR) is 141 cm³/mol. The van der Waals surface area contributed by atoms with E-state index < -0.39 is 10.6 Å². The molecule has 4 rings (SSSR count). The van der Waals surface area contributed by atoms with Crippen LogP contribution in [0.3, 0.4) is 0 Å². The molecule has 4 heteroatoms. The second kappa shape index (κ2) is 12.2. The Morgan fingerprint density at radius 3 is 0.733 bits per heavy atom. The molecule has 0 aliphatic rings. The van der Waals surface area contributed by atoms with Crippen LogP contribution in [0.5, 0.6) is 0 Å². The van der Waals surface area contributed by atoms with Gasteiger partial charge in [-0.15, -0.1) is 0 Å². The van der Waals surface area contributed by atoms with Crippen LogP contribution in [-0.4, -0.2) is 10.6 Å². The Hall–Kier alpha value is -0.861. The molecule has 162 valence electrons. The summed E-state index contributed by atoms with van der Waals surface area (Å²) in [6, 6.07) is 43.7. The zero-order valence-electron chi connectivity index (χ0n) is 17.1. The van der Waals surface area contributed by atoms with Crippen LogP contribution in [-0.2, 0) is 18.9 Å². The molecule has 0 aliphatic carbocycles. The van der Waals surface area contributed by atoms with Crippen molar-refractivity contribution < 1.29 is 18.9 Å². The van der Waals surface area contributed by atoms with E-state index in [9.17, 15) is 0 Å². The Balaban J connectivity index is 0.00000109. The fourth-order valence-electron chi connectivity index (χ4n) is 3.73. The number of halogens is 2. The first kappa shape index (κ1) is 27.2. The fraction of sp³-hybridized carbons (Fsp3) is 0. The van der Waals surface area contributed by atoms with Gasteiger partial charge in [0.15, 0.2) is 0 Å². The average molecular weight is 770 g/mol. The minimum absolute atomic E-state index is 0. The van der Waals surface area contributed by atoms with Gasteiger partial charge in [0.25, 0.3) is 0 Å². The van der Waals surface area contributed by atoms with Crippen molar-refractivity contribution in [2.24, 2.45) is 0 Å². The summed E-state index contributed by atoms with van der Waals surface area (Å²) in [6.45, 7) is 0. The molecule has 0 unspecified atom stereocenters. The molecule has 0 amide bonds. The van der Waals surface area contributed by atoms with E-state index in [1.54, 1.807) is 0 Å². The molecule has 0 saturated carbocycles. The molecule has 4 aromatic rings. The van der Waals surface area contributed by atoms with Crippen molar-refractivity contribution in [2.75, 3.05) is 0 Å². The Morgan fingerprint density at radius 1 is 0.400 bits per heavy atom. The molecule has 0 aromatic heterocycles. The third-order valence-corrected chi connectivity index (χ3v) is 24.1. The van der Waals surface area contributed by atoms with Crippen molar-refractivity contribution in [3.63, 3.8) is 0 Å². The second-order valence-electron chi connectivity index (χ2n) is 6.35. The van der Waals surface area contributed by atoms with Crippen LogP contribution in [0.2, 0.25) is 0 Å². The van der Waals surface area contributed by atoms with E-state index in [4.69, 9.17) is 0 Å². The molecule has 0 spiro atoms. The summed E-state index contributed by atoms with van der Waals surface area (Å²) < 4.78 is 5.42. The van der Waals surface area contributed by atoms with Crippen molar-refractivity contribution >= 4 is 54.9 Å². The summed E-state index contributed by atoms with van der Waals surface area (Å²) in [5.41, 5.74) is 0. The van der Waals surface area contributed by atoms with Gasteiger partial charge < -0.3 is 14.9 Å². The maximum atomic E-state index is 4.50. The quantitative estimate of drug-likeness (QED) is 0.186. The van der Waals surface area contributed by atoms with Gasteiger partial charge >= 0.3 is 195 Å². The van der Waals surface area contributed by atoms with E-state index in [0.29, 0.717) is 0 Å². The molecule has 0 fully saturated rings. The molecule has 0 bridgehead atoms. The van der Waals surface area contributed by atoms with Crippen molar-refractivity contribution in [3.8, 4) is 0 Å². The number of hydrogen-bond donors (Lipinski definition) is 0. The van der Waals surface area contributed by atoms with Crippen molar-refractivity contribution in [2.45, 2.75) is 0 Å². The van der Waals surface area contributed by atoms with Crippen molar-refractivity contribution in [3.05, 3.63) is 136 Å². The van der Waals surface area contributed by atoms with Gasteiger partial charge in [-0.05, 0) is 0 Å². The first-order valence-electron chi connectivity index (χ1n) is 8.82. The zero-order chi connectivity index (χ0) is 19.9. The van der Waals surface area contributed by atoms with Gasteiger partial charge in [0.05, 0.1) is 0 Å². The second-order valence-corrected chi connectivity index (χ2v) is 22.3. The SMILES string of the molecule is Br[As](c1ccccc1)(c1ccccc1)(c1ccccc1)c1ccccc1.[Br][Au].[CH3-].[CH3-]. The summed E-state index contributed by atoms with van der Waals surface area (Å²) >= 11 is 9.48. The van der Waals surface area contributed by atoms with E-state index in [-0.39, 0.29) is 14.9 Å². The minimum atomic E-state index is -3.74. The van der Waals surface area contributed by atoms with Crippen LogP contribution in [0.25, 0.3) is 0 Å². The van der Waals surface area contributed by atoms with E-state index in [1.165, 1.54) is 17.4 Å². The number of benzene rings is 4. The van der Waals surface area contributed by atoms with Crippen molar-refractivity contribution in [1.82, 2.24) is 0 Å². The van der Waals surface area contributed by atoms with Gasteiger partial charge in [0, 0.05) is 0 Å². The summed E-state index contributed by atoms with van der Waals surface area (Å²) in [7, 11) is -3.74. The summed E-state index contributed by atoms with van der Waals surface area (Å²) in [5.74, 6) is 0. The van der Waals surface area contributed by atoms with Crippen LogP contribution in [0.15, 0.2) is 121 Å². The van der Waals surface area contributed by atoms with E-state index in [1.807, 2.05) is 0 Å². The van der Waals surface area contributed by atoms with Crippen LogP contribution in [0, 0.1) is 14.9 Å². The standard InChI is InChI=1S/C24H20AsBr.2CH3.Au.BrH/c26-25(21-13-5-1-6-14-21,22-15-7-2-8-16-22,23-17-9-3-10-18-23)24-19-11-4-12-20-24;;;;/h1-20H;2*1H3;;1H/q;2*-1;+1;/p-1. The normalized spacial score (nSPS) is 11.4. The van der Waals surface area contributed by atoms with Crippen LogP contribution >= 0.6 is 27.0 Å². The average Bonchev–Trinajstić information content (AvgIpc) is 2.82. The van der Waals surface area contributed by atoms with Gasteiger partial charge in [0.1, 0.15) is 0 Å². The van der Waals surface area contributed by atoms with E-state index in [0.717, 1.165) is 0 Å². The minimum Gasteiger partial charge on any atom is -0.358 e. The molecule has 0 saturated heterocycles. The van der Waals surface area contributed by atoms with Gasteiger partial charge in [-0.25, -0.2) is 0 Å². The van der Waals surface area contributed by atoms with Crippen LogP contribution in [0.4, 0.5) is 0 Å². The number of hydrogen-bond acceptors (Lipinski definition) is 0. The monoisotopic (exact) mass is 768 g/mol. The first-order chi connectivity index (χ1) is 13.7. The molecular weight excluding hydrogens is 744 g/mol. The Kier molecular flexibility index (Phi) is 11.1. The third-order valence-electron chi connectivity index (χ3n) is 4.96. The molecule has 0 N–H and O–H groups in total. The van der Waals surface area contributed by atoms with Crippen LogP contribution in [0.1, 0.15) is 0 Å². The maximum Gasteiger partial charge on any atom is -0.358 e. The molecule has 0 radical (unpaired) electrons. The Morgan fingerprint density at radius 2 is 0.567 bits per heavy atom. The molecule has 30 heavy (non-hydrogen) atoms. The van der Waals surface area contributed by atoms with Gasteiger partial charge in [-0.2, -0.15) is 0 Å². The van der Waals surface area contributed by atoms with Crippen molar-refractivity contribution in [1.29, 1.82) is 0 Å². The van der Waals surface area contributed by atoms with Gasteiger partial charge in [0.2, 0.25) is 0 Å². The largest absolute Gasteiger partial charge is 0.358 e. The summed E-state index contributed by atoms with van der Waals surface area (Å²) in [5, 5.41) is 0. The maximum absolute atomic E-state index is 4.50. The molecule has 0 atom stereocenters. The summed E-state index contributed by atoms with van der Waals surface area (Å²) in [4.78, 5) is 0. The van der Waals surface area contributed by atoms with Gasteiger partial charge in [-0.1, -0.05) is 0 Å². The van der Waals surface area contributed by atoms with E-state index >= 15 is 0 Å². The fourth-order valence-corrected chi connectivity index (χ4v) is 18.5. The zero-order valence-corrected chi connectivity index (χ0v) is 24.3. The molecule has 4 aromatic carbocycles. The van der Waals surface area contributed by atoms with Gasteiger partial charge in [-0.3, -0.25) is 0 Å². The number of rotatable bonds is 4. The molecule has 0 aliphatic heterocycles. The predicted octanol–water partition coefficient (Wildman–Crippen LogP) is 5.65. The molecule has 0 heterocycles. The topological polar surface area (TPSA) is 0 Å². The van der Waals surface area contributed by atoms with E-state index in [2.05, 4.69) is 167 Å². The Labute approximate surface area is 208 Å². The first-order valence-corrected chi connectivity index (χ1v) is 21.7. The molecule has 0 nitrogen and oxygen atoms in total. The third kappa shape index (κ3) is 4.65. The molecular formula is C26H26AsAuBr2-2. The smallest absolute Gasteiger partial charge is 0.358 e. The van der Waals surface area contributed by atoms with Crippen LogP contribution < -0.4 is 17.4 Å².